The summed E-state index contributed by atoms with van der Waals surface area (Å²) in [6, 6.07) is 12.0. The molecule has 1 unspecified atom stereocenters. The lowest BCUT2D eigenvalue weighted by molar-refractivity contribution is -0.111. The van der Waals surface area contributed by atoms with Crippen molar-refractivity contribution in [3.8, 4) is 11.5 Å². The first-order valence-corrected chi connectivity index (χ1v) is 10.9. The van der Waals surface area contributed by atoms with E-state index in [1.807, 2.05) is 31.2 Å². The Morgan fingerprint density at radius 1 is 1.25 bits per heavy atom. The van der Waals surface area contributed by atoms with Crippen LogP contribution in [0.3, 0.4) is 0 Å². The maximum atomic E-state index is 12.6. The fraction of sp³-hybridized carbons (Fsp3) is 0.333. The van der Waals surface area contributed by atoms with E-state index in [2.05, 4.69) is 45.0 Å². The number of carbonyl (C=O) groups is 1. The number of rotatable bonds is 8. The van der Waals surface area contributed by atoms with Crippen LogP contribution in [0.4, 0.5) is 5.69 Å². The number of carbonyl (C=O) groups excluding carboxylic acids is 1. The lowest BCUT2D eigenvalue weighted by Gasteiger charge is -2.27. The zero-order valence-corrected chi connectivity index (χ0v) is 18.3. The average molecular weight is 434 g/mol. The minimum atomic E-state index is -0.484. The number of nitrogens with zero attached hydrogens (tertiary/aromatic N) is 3. The third-order valence-electron chi connectivity index (χ3n) is 5.25. The number of unbranched alkanes of at least 4 members (excludes halogenated alkanes) is 2. The number of aromatic nitrogens is 4. The Labute approximate surface area is 187 Å². The summed E-state index contributed by atoms with van der Waals surface area (Å²) in [7, 11) is 0. The van der Waals surface area contributed by atoms with Crippen LogP contribution >= 0.6 is 0 Å². The molecule has 2 heterocycles. The van der Waals surface area contributed by atoms with Gasteiger partial charge >= 0.3 is 0 Å². The highest BCUT2D eigenvalue weighted by atomic mass is 16.6. The van der Waals surface area contributed by atoms with Crippen LogP contribution in [0.5, 0.6) is 11.5 Å². The molecule has 4 rings (SSSR count). The first-order valence-electron chi connectivity index (χ1n) is 10.9. The van der Waals surface area contributed by atoms with Crippen molar-refractivity contribution in [2.75, 3.05) is 11.9 Å². The molecule has 0 fully saturated rings. The monoisotopic (exact) mass is 433 g/mol. The van der Waals surface area contributed by atoms with Gasteiger partial charge in [0.2, 0.25) is 5.91 Å². The van der Waals surface area contributed by atoms with Gasteiger partial charge in [0.1, 0.15) is 6.61 Å². The van der Waals surface area contributed by atoms with Crippen LogP contribution in [0.15, 0.2) is 42.5 Å². The van der Waals surface area contributed by atoms with E-state index in [0.29, 0.717) is 23.0 Å². The first kappa shape index (κ1) is 21.5. The van der Waals surface area contributed by atoms with Crippen molar-refractivity contribution in [3.63, 3.8) is 0 Å². The smallest absolute Gasteiger partial charge is 0.248 e. The highest BCUT2D eigenvalue weighted by Gasteiger charge is 2.28. The fourth-order valence-electron chi connectivity index (χ4n) is 3.56. The number of hydrogen-bond acceptors (Lipinski definition) is 6. The van der Waals surface area contributed by atoms with E-state index >= 15 is 0 Å². The van der Waals surface area contributed by atoms with Gasteiger partial charge in [-0.3, -0.25) is 4.79 Å². The summed E-state index contributed by atoms with van der Waals surface area (Å²) in [6.07, 6.45) is 7.58. The van der Waals surface area contributed by atoms with Crippen LogP contribution in [0.25, 0.3) is 6.08 Å². The summed E-state index contributed by atoms with van der Waals surface area (Å²) in [4.78, 5) is 12.6. The van der Waals surface area contributed by atoms with Crippen LogP contribution in [-0.2, 0) is 11.2 Å². The van der Waals surface area contributed by atoms with Crippen molar-refractivity contribution in [1.82, 2.24) is 20.6 Å². The van der Waals surface area contributed by atoms with E-state index in [-0.39, 0.29) is 12.5 Å². The molecule has 8 heteroatoms. The molecule has 0 bridgehead atoms. The number of amides is 1. The average Bonchev–Trinajstić information content (AvgIpc) is 3.33. The summed E-state index contributed by atoms with van der Waals surface area (Å²) in [6.45, 7) is 4.41. The normalized spacial score (nSPS) is 15.1. The molecular formula is C24H27N5O3. The lowest BCUT2D eigenvalue weighted by atomic mass is 10.1. The predicted molar refractivity (Wildman–Crippen MR) is 122 cm³/mol. The molecule has 1 aromatic heterocycles. The summed E-state index contributed by atoms with van der Waals surface area (Å²) < 4.78 is 11.9. The number of anilines is 1. The van der Waals surface area contributed by atoms with Crippen LogP contribution < -0.4 is 14.8 Å². The van der Waals surface area contributed by atoms with Crippen LogP contribution in [0.2, 0.25) is 0 Å². The van der Waals surface area contributed by atoms with Gasteiger partial charge in [0.25, 0.3) is 0 Å². The second-order valence-electron chi connectivity index (χ2n) is 7.86. The summed E-state index contributed by atoms with van der Waals surface area (Å²) in [5, 5.41) is 16.6. The second-order valence-corrected chi connectivity index (χ2v) is 7.86. The van der Waals surface area contributed by atoms with Crippen molar-refractivity contribution in [2.24, 2.45) is 0 Å². The Morgan fingerprint density at radius 3 is 2.84 bits per heavy atom. The molecule has 0 aliphatic carbocycles. The molecule has 2 N–H and O–H groups in total. The zero-order chi connectivity index (χ0) is 22.3. The minimum Gasteiger partial charge on any atom is -0.485 e. The highest BCUT2D eigenvalue weighted by Crippen LogP contribution is 2.42. The summed E-state index contributed by atoms with van der Waals surface area (Å²) >= 11 is 0. The van der Waals surface area contributed by atoms with E-state index in [4.69, 9.17) is 9.47 Å². The Balaban J connectivity index is 1.43. The van der Waals surface area contributed by atoms with Gasteiger partial charge < -0.3 is 14.8 Å². The van der Waals surface area contributed by atoms with E-state index in [0.717, 1.165) is 17.5 Å². The molecule has 8 nitrogen and oxygen atoms in total. The molecule has 0 saturated carbocycles. The molecule has 1 aliphatic heterocycles. The Hall–Kier alpha value is -3.68. The quantitative estimate of drug-likeness (QED) is 0.403. The van der Waals surface area contributed by atoms with Crippen molar-refractivity contribution in [1.29, 1.82) is 0 Å². The highest BCUT2D eigenvalue weighted by molar-refractivity contribution is 6.03. The van der Waals surface area contributed by atoms with Crippen LogP contribution in [-0.4, -0.2) is 33.1 Å². The van der Waals surface area contributed by atoms with Gasteiger partial charge in [-0.25, -0.2) is 5.10 Å². The molecule has 0 radical (unpaired) electrons. The molecule has 0 saturated heterocycles. The number of benzene rings is 2. The Kier molecular flexibility index (Phi) is 6.79. The van der Waals surface area contributed by atoms with Crippen molar-refractivity contribution in [2.45, 2.75) is 45.6 Å². The van der Waals surface area contributed by atoms with E-state index in [1.54, 1.807) is 6.08 Å². The molecule has 166 valence electrons. The lowest BCUT2D eigenvalue weighted by Crippen LogP contribution is -2.24. The summed E-state index contributed by atoms with van der Waals surface area (Å²) in [5.41, 5.74) is 3.78. The van der Waals surface area contributed by atoms with Crippen LogP contribution in [0.1, 0.15) is 54.8 Å². The molecule has 1 aliphatic rings. The van der Waals surface area contributed by atoms with Gasteiger partial charge in [-0.2, -0.15) is 0 Å². The number of aromatic amines is 1. The molecule has 3 aromatic rings. The van der Waals surface area contributed by atoms with Gasteiger partial charge in [0.15, 0.2) is 23.4 Å². The summed E-state index contributed by atoms with van der Waals surface area (Å²) in [5.74, 6) is 1.25. The Morgan fingerprint density at radius 2 is 2.09 bits per heavy atom. The molecular weight excluding hydrogens is 406 g/mol. The van der Waals surface area contributed by atoms with E-state index in [1.165, 1.54) is 30.9 Å². The number of hydrogen-bond donors (Lipinski definition) is 2. The first-order chi connectivity index (χ1) is 15.6. The van der Waals surface area contributed by atoms with E-state index < -0.39 is 6.10 Å². The molecule has 2 aromatic carbocycles. The van der Waals surface area contributed by atoms with Gasteiger partial charge in [0, 0.05) is 6.08 Å². The molecule has 32 heavy (non-hydrogen) atoms. The van der Waals surface area contributed by atoms with Gasteiger partial charge in [-0.15, -0.1) is 5.10 Å². The zero-order valence-electron chi connectivity index (χ0n) is 18.3. The predicted octanol–water partition coefficient (Wildman–Crippen LogP) is 4.41. The number of fused-ring (bicyclic) bond motifs is 1. The van der Waals surface area contributed by atoms with Crippen molar-refractivity contribution >= 4 is 17.7 Å². The SMILES string of the molecule is CCCCCc1ccc(/C=C/C(=O)Nc2cc(C)cc3c2OC(c2nnn[nH]2)CO3)cc1. The molecule has 1 atom stereocenters. The van der Waals surface area contributed by atoms with Crippen molar-refractivity contribution in [3.05, 3.63) is 65.0 Å². The maximum absolute atomic E-state index is 12.6. The minimum absolute atomic E-state index is 0.253. The maximum Gasteiger partial charge on any atom is 0.248 e. The van der Waals surface area contributed by atoms with Crippen LogP contribution in [0, 0.1) is 6.92 Å². The molecule has 1 amide bonds. The number of nitrogens with one attached hydrogen (secondary N) is 2. The third-order valence-corrected chi connectivity index (χ3v) is 5.25. The fourth-order valence-corrected chi connectivity index (χ4v) is 3.56. The van der Waals surface area contributed by atoms with Gasteiger partial charge in [-0.1, -0.05) is 44.0 Å². The number of H-pyrrole nitrogens is 1. The topological polar surface area (TPSA) is 102 Å². The third kappa shape index (κ3) is 5.32. The van der Waals surface area contributed by atoms with Gasteiger partial charge in [0.05, 0.1) is 5.69 Å². The molecule has 0 spiro atoms. The number of tetrazole rings is 1. The number of aryl methyl sites for hydroxylation is 2. The largest absolute Gasteiger partial charge is 0.485 e. The standard InChI is InChI=1S/C24H27N5O3/c1-3-4-5-6-17-7-9-18(10-8-17)11-12-22(30)25-19-13-16(2)14-20-23(19)32-21(15-31-20)24-26-28-29-27-24/h7-14,21H,3-6,15H2,1-2H3,(H,25,30)(H,26,27,28,29)/b12-11+. The number of ether oxygens (including phenoxy) is 2. The van der Waals surface area contributed by atoms with Crippen molar-refractivity contribution < 1.29 is 14.3 Å². The van der Waals surface area contributed by atoms with E-state index in [9.17, 15) is 4.79 Å². The second kappa shape index (κ2) is 10.1. The van der Waals surface area contributed by atoms with Gasteiger partial charge in [-0.05, 0) is 65.1 Å². The Bertz CT molecular complexity index is 1080.